The summed E-state index contributed by atoms with van der Waals surface area (Å²) in [5.74, 6) is 0.269. The van der Waals surface area contributed by atoms with E-state index in [1.165, 1.54) is 0 Å². The van der Waals surface area contributed by atoms with E-state index in [0.717, 1.165) is 0 Å². The molecule has 1 unspecified atom stereocenters. The van der Waals surface area contributed by atoms with E-state index in [9.17, 15) is 4.39 Å². The minimum absolute atomic E-state index is 0. The molecule has 0 aliphatic rings. The zero-order chi connectivity index (χ0) is 5.86. The molecular weight excluding hydrogens is 129 g/mol. The first-order chi connectivity index (χ1) is 3.18. The Balaban J connectivity index is 0. The molecule has 1 atom stereocenters. The minimum atomic E-state index is -0.405. The van der Waals surface area contributed by atoms with Gasteiger partial charge in [-0.25, -0.2) is 4.39 Å². The van der Waals surface area contributed by atoms with Crippen LogP contribution in [0, 0.1) is 5.92 Å². The lowest BCUT2D eigenvalue weighted by Gasteiger charge is -2.08. The van der Waals surface area contributed by atoms with Crippen molar-refractivity contribution in [2.75, 3.05) is 6.67 Å². The Bertz CT molecular complexity index is 49.7. The maximum Gasteiger partial charge on any atom is 0.105 e. The minimum Gasteiger partial charge on any atom is -0.325 e. The van der Waals surface area contributed by atoms with Crippen molar-refractivity contribution >= 4 is 12.4 Å². The van der Waals surface area contributed by atoms with Gasteiger partial charge in [0.1, 0.15) is 6.67 Å². The van der Waals surface area contributed by atoms with Crippen LogP contribution in [0.4, 0.5) is 4.39 Å². The van der Waals surface area contributed by atoms with Crippen LogP contribution in [-0.2, 0) is 0 Å². The zero-order valence-corrected chi connectivity index (χ0v) is 6.04. The molecule has 3 heteroatoms. The second-order valence-corrected chi connectivity index (χ2v) is 2.06. The fourth-order valence-electron chi connectivity index (χ4n) is 0.178. The summed E-state index contributed by atoms with van der Waals surface area (Å²) in [6.07, 6.45) is 0. The van der Waals surface area contributed by atoms with Crippen LogP contribution in [0.15, 0.2) is 0 Å². The maximum absolute atomic E-state index is 11.5. The van der Waals surface area contributed by atoms with Crippen LogP contribution in [0.1, 0.15) is 13.8 Å². The van der Waals surface area contributed by atoms with Crippen molar-refractivity contribution in [2.24, 2.45) is 11.7 Å². The molecule has 0 radical (unpaired) electrons. The van der Waals surface area contributed by atoms with Gasteiger partial charge < -0.3 is 5.73 Å². The van der Waals surface area contributed by atoms with Crippen LogP contribution >= 0.6 is 12.4 Å². The molecular formula is C5H13ClFN. The van der Waals surface area contributed by atoms with Crippen molar-refractivity contribution in [3.05, 3.63) is 0 Å². The second kappa shape index (κ2) is 5.32. The number of hydrogen-bond donors (Lipinski definition) is 1. The molecule has 0 aromatic carbocycles. The van der Waals surface area contributed by atoms with Crippen molar-refractivity contribution in [3.63, 3.8) is 0 Å². The summed E-state index contributed by atoms with van der Waals surface area (Å²) in [5, 5.41) is 0. The lowest BCUT2D eigenvalue weighted by atomic mass is 10.1. The molecule has 0 heterocycles. The lowest BCUT2D eigenvalue weighted by Crippen LogP contribution is -2.28. The molecule has 0 aliphatic carbocycles. The number of halogens is 2. The summed E-state index contributed by atoms with van der Waals surface area (Å²) in [7, 11) is 0. The van der Waals surface area contributed by atoms with Gasteiger partial charge in [0.25, 0.3) is 0 Å². The third kappa shape index (κ3) is 4.34. The largest absolute Gasteiger partial charge is 0.325 e. The molecule has 0 fully saturated rings. The van der Waals surface area contributed by atoms with Gasteiger partial charge in [0.05, 0.1) is 0 Å². The van der Waals surface area contributed by atoms with Crippen LogP contribution in [0.5, 0.6) is 0 Å². The Hall–Kier alpha value is 0.180. The topological polar surface area (TPSA) is 26.0 Å². The molecule has 0 saturated heterocycles. The molecule has 0 bridgehead atoms. The van der Waals surface area contributed by atoms with Crippen molar-refractivity contribution < 1.29 is 4.39 Å². The molecule has 8 heavy (non-hydrogen) atoms. The summed E-state index contributed by atoms with van der Waals surface area (Å²) in [6.45, 7) is 3.41. The predicted molar refractivity (Wildman–Crippen MR) is 36.0 cm³/mol. The van der Waals surface area contributed by atoms with E-state index < -0.39 is 6.67 Å². The maximum atomic E-state index is 11.5. The Kier molecular flexibility index (Phi) is 7.34. The van der Waals surface area contributed by atoms with Gasteiger partial charge in [-0.2, -0.15) is 0 Å². The lowest BCUT2D eigenvalue weighted by molar-refractivity contribution is 0.365. The first-order valence-electron chi connectivity index (χ1n) is 2.50. The summed E-state index contributed by atoms with van der Waals surface area (Å²) in [6, 6.07) is -0.264. The SMILES string of the molecule is CC(C)C(N)CF.Cl. The molecule has 0 amide bonds. The molecule has 0 aromatic rings. The fraction of sp³-hybridized carbons (Fsp3) is 1.00. The third-order valence-electron chi connectivity index (χ3n) is 1.03. The van der Waals surface area contributed by atoms with E-state index >= 15 is 0 Å². The molecule has 0 saturated carbocycles. The van der Waals surface area contributed by atoms with Crippen molar-refractivity contribution in [3.8, 4) is 0 Å². The second-order valence-electron chi connectivity index (χ2n) is 2.06. The highest BCUT2D eigenvalue weighted by Crippen LogP contribution is 1.96. The number of alkyl halides is 1. The quantitative estimate of drug-likeness (QED) is 0.618. The van der Waals surface area contributed by atoms with Crippen LogP contribution in [0.3, 0.4) is 0 Å². The number of nitrogens with two attached hydrogens (primary N) is 1. The van der Waals surface area contributed by atoms with Gasteiger partial charge in [-0.15, -0.1) is 12.4 Å². The standard InChI is InChI=1S/C5H12FN.ClH/c1-4(2)5(7)3-6;/h4-5H,3,7H2,1-2H3;1H. The monoisotopic (exact) mass is 141 g/mol. The van der Waals surface area contributed by atoms with Gasteiger partial charge in [0.15, 0.2) is 0 Å². The van der Waals surface area contributed by atoms with Gasteiger partial charge in [-0.1, -0.05) is 13.8 Å². The summed E-state index contributed by atoms with van der Waals surface area (Å²) in [5.41, 5.74) is 5.24. The molecule has 52 valence electrons. The van der Waals surface area contributed by atoms with Gasteiger partial charge >= 0.3 is 0 Å². The van der Waals surface area contributed by atoms with Gasteiger partial charge in [0.2, 0.25) is 0 Å². The van der Waals surface area contributed by atoms with E-state index in [2.05, 4.69) is 0 Å². The Morgan fingerprint density at radius 1 is 1.50 bits per heavy atom. The highest BCUT2D eigenvalue weighted by molar-refractivity contribution is 5.85. The first-order valence-corrected chi connectivity index (χ1v) is 2.50. The van der Waals surface area contributed by atoms with Crippen molar-refractivity contribution in [2.45, 2.75) is 19.9 Å². The molecule has 0 spiro atoms. The fourth-order valence-corrected chi connectivity index (χ4v) is 0.178. The van der Waals surface area contributed by atoms with E-state index in [-0.39, 0.29) is 24.4 Å². The molecule has 0 aromatic heterocycles. The van der Waals surface area contributed by atoms with Crippen LogP contribution < -0.4 is 5.73 Å². The van der Waals surface area contributed by atoms with Gasteiger partial charge in [-0.05, 0) is 5.92 Å². The van der Waals surface area contributed by atoms with Crippen LogP contribution in [0.2, 0.25) is 0 Å². The van der Waals surface area contributed by atoms with Gasteiger partial charge in [0, 0.05) is 6.04 Å². The zero-order valence-electron chi connectivity index (χ0n) is 5.23. The molecule has 1 nitrogen and oxygen atoms in total. The van der Waals surface area contributed by atoms with E-state index in [1.54, 1.807) is 0 Å². The normalized spacial score (nSPS) is 13.1. The summed E-state index contributed by atoms with van der Waals surface area (Å²) >= 11 is 0. The van der Waals surface area contributed by atoms with Crippen molar-refractivity contribution in [1.82, 2.24) is 0 Å². The van der Waals surface area contributed by atoms with Crippen LogP contribution in [-0.4, -0.2) is 12.7 Å². The summed E-state index contributed by atoms with van der Waals surface area (Å²) < 4.78 is 11.5. The highest BCUT2D eigenvalue weighted by atomic mass is 35.5. The Morgan fingerprint density at radius 3 is 1.88 bits per heavy atom. The number of rotatable bonds is 2. The molecule has 0 aliphatic heterocycles. The number of hydrogen-bond acceptors (Lipinski definition) is 1. The van der Waals surface area contributed by atoms with Crippen molar-refractivity contribution in [1.29, 1.82) is 0 Å². The smallest absolute Gasteiger partial charge is 0.105 e. The Morgan fingerprint density at radius 2 is 1.88 bits per heavy atom. The molecule has 0 rings (SSSR count). The van der Waals surface area contributed by atoms with Crippen LogP contribution in [0.25, 0.3) is 0 Å². The highest BCUT2D eigenvalue weighted by Gasteiger charge is 2.04. The van der Waals surface area contributed by atoms with E-state index in [0.29, 0.717) is 0 Å². The molecule has 2 N–H and O–H groups in total. The third-order valence-corrected chi connectivity index (χ3v) is 1.03. The predicted octanol–water partition coefficient (Wildman–Crippen LogP) is 1.36. The Labute approximate surface area is 55.9 Å². The average molecular weight is 142 g/mol. The van der Waals surface area contributed by atoms with E-state index in [1.807, 2.05) is 13.8 Å². The van der Waals surface area contributed by atoms with E-state index in [4.69, 9.17) is 5.73 Å². The average Bonchev–Trinajstić information content (AvgIpc) is 1.65. The summed E-state index contributed by atoms with van der Waals surface area (Å²) in [4.78, 5) is 0. The van der Waals surface area contributed by atoms with Gasteiger partial charge in [-0.3, -0.25) is 0 Å². The first kappa shape index (κ1) is 11.0.